The number of para-hydroxylation sites is 1. The minimum absolute atomic E-state index is 0.0332. The summed E-state index contributed by atoms with van der Waals surface area (Å²) in [7, 11) is -3.03. The van der Waals surface area contributed by atoms with Crippen LogP contribution in [0.5, 0.6) is 23.0 Å². The van der Waals surface area contributed by atoms with Gasteiger partial charge in [0.2, 0.25) is 0 Å². The Hall–Kier alpha value is -4.50. The summed E-state index contributed by atoms with van der Waals surface area (Å²) >= 11 is 0. The molecule has 0 amide bonds. The van der Waals surface area contributed by atoms with Crippen LogP contribution in [0.25, 0.3) is 11.1 Å². The standard InChI is InChI=1S/C36H38O8S/c1-24-16-31(41-14-7-15-45(3,39)40)17-25(2)36(24)33-18-26(10-11-27(33)22-43-29-8-5-4-6-9-29)21-42-30-12-13-32-28(19-35(37)38)23-44-34(32)20-30/h4-6,8-13,16-18,20,28H,7,14-15,19,21-23H2,1-3H3,(H,37,38)/t28-/m1/s1. The molecule has 9 heteroatoms. The Bertz CT molecular complexity index is 1740. The smallest absolute Gasteiger partial charge is 0.304 e. The predicted octanol–water partition coefficient (Wildman–Crippen LogP) is 6.89. The molecule has 0 radical (unpaired) electrons. The molecule has 1 N–H and O–H groups in total. The summed E-state index contributed by atoms with van der Waals surface area (Å²) < 4.78 is 46.9. The molecule has 4 aromatic rings. The first kappa shape index (κ1) is 31.9. The first-order valence-corrected chi connectivity index (χ1v) is 16.9. The fraction of sp³-hybridized carbons (Fsp3) is 0.306. The molecular formula is C36H38O8S. The number of hydrogen-bond donors (Lipinski definition) is 1. The molecule has 0 saturated carbocycles. The van der Waals surface area contributed by atoms with Crippen molar-refractivity contribution >= 4 is 15.8 Å². The fourth-order valence-corrected chi connectivity index (χ4v) is 6.23. The maximum Gasteiger partial charge on any atom is 0.304 e. The lowest BCUT2D eigenvalue weighted by Gasteiger charge is -2.19. The van der Waals surface area contributed by atoms with E-state index in [-0.39, 0.29) is 18.1 Å². The summed E-state index contributed by atoms with van der Waals surface area (Å²) in [5.74, 6) is 1.88. The zero-order chi connectivity index (χ0) is 32.0. The minimum Gasteiger partial charge on any atom is -0.494 e. The monoisotopic (exact) mass is 630 g/mol. The third kappa shape index (κ3) is 8.57. The number of benzene rings is 4. The fourth-order valence-electron chi connectivity index (χ4n) is 5.59. The Kier molecular flexibility index (Phi) is 9.98. The molecule has 236 valence electrons. The van der Waals surface area contributed by atoms with Gasteiger partial charge in [-0.1, -0.05) is 36.4 Å². The van der Waals surface area contributed by atoms with E-state index in [9.17, 15) is 18.3 Å². The van der Waals surface area contributed by atoms with Crippen molar-refractivity contribution in [2.75, 3.05) is 25.2 Å². The molecule has 0 fully saturated rings. The Morgan fingerprint density at radius 1 is 0.867 bits per heavy atom. The van der Waals surface area contributed by atoms with Crippen LogP contribution < -0.4 is 18.9 Å². The van der Waals surface area contributed by atoms with E-state index in [0.717, 1.165) is 44.7 Å². The molecule has 1 aliphatic rings. The SMILES string of the molecule is Cc1cc(OCCCS(C)(=O)=O)cc(C)c1-c1cc(COc2ccc3c(c2)OC[C@H]3CC(=O)O)ccc1COc1ccccc1. The van der Waals surface area contributed by atoms with Crippen LogP contribution in [-0.2, 0) is 27.8 Å². The topological polar surface area (TPSA) is 108 Å². The van der Waals surface area contributed by atoms with E-state index >= 15 is 0 Å². The lowest BCUT2D eigenvalue weighted by molar-refractivity contribution is -0.137. The third-order valence-electron chi connectivity index (χ3n) is 7.71. The first-order chi connectivity index (χ1) is 21.6. The number of carboxylic acid groups (broad SMARTS) is 1. The van der Waals surface area contributed by atoms with Gasteiger partial charge < -0.3 is 24.1 Å². The molecule has 0 saturated heterocycles. The van der Waals surface area contributed by atoms with Crippen LogP contribution in [0.15, 0.2) is 78.9 Å². The van der Waals surface area contributed by atoms with E-state index in [1.165, 1.54) is 6.26 Å². The normalized spacial score (nSPS) is 14.0. The molecular weight excluding hydrogens is 592 g/mol. The number of fused-ring (bicyclic) bond motifs is 1. The lowest BCUT2D eigenvalue weighted by atomic mass is 9.91. The van der Waals surface area contributed by atoms with Crippen molar-refractivity contribution < 1.29 is 37.3 Å². The average molecular weight is 631 g/mol. The highest BCUT2D eigenvalue weighted by atomic mass is 32.2. The molecule has 8 nitrogen and oxygen atoms in total. The molecule has 0 bridgehead atoms. The van der Waals surface area contributed by atoms with Crippen molar-refractivity contribution in [2.24, 2.45) is 0 Å². The summed E-state index contributed by atoms with van der Waals surface area (Å²) in [6.45, 7) is 5.46. The van der Waals surface area contributed by atoms with Gasteiger partial charge in [0.05, 0.1) is 25.4 Å². The van der Waals surface area contributed by atoms with Crippen LogP contribution in [0, 0.1) is 13.8 Å². The molecule has 5 rings (SSSR count). The van der Waals surface area contributed by atoms with E-state index in [1.807, 2.05) is 80.6 Å². The molecule has 0 aliphatic carbocycles. The molecule has 0 unspecified atom stereocenters. The van der Waals surface area contributed by atoms with Gasteiger partial charge in [-0.25, -0.2) is 8.42 Å². The highest BCUT2D eigenvalue weighted by Gasteiger charge is 2.26. The number of ether oxygens (including phenoxy) is 4. The maximum absolute atomic E-state index is 11.5. The number of carbonyl (C=O) groups is 1. The van der Waals surface area contributed by atoms with Crippen LogP contribution >= 0.6 is 0 Å². The Morgan fingerprint density at radius 3 is 2.31 bits per heavy atom. The molecule has 45 heavy (non-hydrogen) atoms. The zero-order valence-corrected chi connectivity index (χ0v) is 26.6. The number of aliphatic carboxylic acids is 1. The largest absolute Gasteiger partial charge is 0.494 e. The maximum atomic E-state index is 11.5. The molecule has 0 spiro atoms. The highest BCUT2D eigenvalue weighted by Crippen LogP contribution is 2.39. The Balaban J connectivity index is 1.37. The summed E-state index contributed by atoms with van der Waals surface area (Å²) in [6.07, 6.45) is 1.69. The van der Waals surface area contributed by atoms with E-state index in [4.69, 9.17) is 18.9 Å². The van der Waals surface area contributed by atoms with Crippen LogP contribution in [-0.4, -0.2) is 44.7 Å². The molecule has 4 aromatic carbocycles. The second-order valence-corrected chi connectivity index (χ2v) is 13.7. The molecule has 1 atom stereocenters. The van der Waals surface area contributed by atoms with E-state index in [1.54, 1.807) is 0 Å². The van der Waals surface area contributed by atoms with Crippen LogP contribution in [0.2, 0.25) is 0 Å². The van der Waals surface area contributed by atoms with Gasteiger partial charge in [0, 0.05) is 23.8 Å². The third-order valence-corrected chi connectivity index (χ3v) is 8.74. The number of aryl methyl sites for hydroxylation is 2. The van der Waals surface area contributed by atoms with E-state index in [0.29, 0.717) is 50.1 Å². The van der Waals surface area contributed by atoms with Gasteiger partial charge in [0.1, 0.15) is 46.0 Å². The van der Waals surface area contributed by atoms with Crippen molar-refractivity contribution in [3.63, 3.8) is 0 Å². The summed E-state index contributed by atoms with van der Waals surface area (Å²) in [5, 5.41) is 9.18. The Labute approximate surface area is 264 Å². The van der Waals surface area contributed by atoms with E-state index < -0.39 is 15.8 Å². The highest BCUT2D eigenvalue weighted by molar-refractivity contribution is 7.90. The molecule has 1 heterocycles. The van der Waals surface area contributed by atoms with Gasteiger partial charge in [-0.3, -0.25) is 4.79 Å². The van der Waals surface area contributed by atoms with Crippen molar-refractivity contribution in [3.05, 3.63) is 107 Å². The van der Waals surface area contributed by atoms with Gasteiger partial charge in [0.15, 0.2) is 0 Å². The quantitative estimate of drug-likeness (QED) is 0.150. The van der Waals surface area contributed by atoms with Crippen molar-refractivity contribution in [1.29, 1.82) is 0 Å². The molecule has 0 aromatic heterocycles. The minimum atomic E-state index is -3.03. The van der Waals surface area contributed by atoms with E-state index in [2.05, 4.69) is 12.1 Å². The van der Waals surface area contributed by atoms with Crippen LogP contribution in [0.3, 0.4) is 0 Å². The second-order valence-electron chi connectivity index (χ2n) is 11.5. The van der Waals surface area contributed by atoms with Gasteiger partial charge in [0.25, 0.3) is 0 Å². The summed E-state index contributed by atoms with van der Waals surface area (Å²) in [6, 6.07) is 25.4. The average Bonchev–Trinajstić information content (AvgIpc) is 3.38. The summed E-state index contributed by atoms with van der Waals surface area (Å²) in [5.41, 5.74) is 7.03. The van der Waals surface area contributed by atoms with Crippen molar-refractivity contribution in [3.8, 4) is 34.1 Å². The van der Waals surface area contributed by atoms with Crippen LogP contribution in [0.4, 0.5) is 0 Å². The lowest BCUT2D eigenvalue weighted by Crippen LogP contribution is -2.08. The Morgan fingerprint density at radius 2 is 1.60 bits per heavy atom. The van der Waals surface area contributed by atoms with Crippen molar-refractivity contribution in [1.82, 2.24) is 0 Å². The first-order valence-electron chi connectivity index (χ1n) is 14.9. The van der Waals surface area contributed by atoms with Crippen LogP contribution in [0.1, 0.15) is 46.6 Å². The number of hydrogen-bond acceptors (Lipinski definition) is 7. The van der Waals surface area contributed by atoms with Crippen molar-refractivity contribution in [2.45, 2.75) is 45.8 Å². The number of carboxylic acids is 1. The predicted molar refractivity (Wildman–Crippen MR) is 173 cm³/mol. The summed E-state index contributed by atoms with van der Waals surface area (Å²) in [4.78, 5) is 11.2. The zero-order valence-electron chi connectivity index (χ0n) is 25.7. The van der Waals surface area contributed by atoms with Gasteiger partial charge in [-0.2, -0.15) is 0 Å². The van der Waals surface area contributed by atoms with Gasteiger partial charge >= 0.3 is 5.97 Å². The molecule has 1 aliphatic heterocycles. The second kappa shape index (κ2) is 14.1. The number of rotatable bonds is 14. The van der Waals surface area contributed by atoms with Gasteiger partial charge in [-0.05, 0) is 90.0 Å². The number of sulfone groups is 1. The van der Waals surface area contributed by atoms with Gasteiger partial charge in [-0.15, -0.1) is 0 Å².